The van der Waals surface area contributed by atoms with Crippen molar-refractivity contribution >= 4 is 28.8 Å². The molecule has 0 fully saturated rings. The Balaban J connectivity index is 1.78. The Hall–Kier alpha value is -3.47. The number of carbonyl (C=O) groups excluding carboxylic acids is 2. The second-order valence-corrected chi connectivity index (χ2v) is 6.16. The van der Waals surface area contributed by atoms with Crippen molar-refractivity contribution in [1.29, 1.82) is 0 Å². The summed E-state index contributed by atoms with van der Waals surface area (Å²) in [7, 11) is 0. The van der Waals surface area contributed by atoms with Crippen molar-refractivity contribution < 1.29 is 9.59 Å². The van der Waals surface area contributed by atoms with Crippen molar-refractivity contribution in [3.05, 3.63) is 83.7 Å². The molecule has 5 heteroatoms. The summed E-state index contributed by atoms with van der Waals surface area (Å²) in [4.78, 5) is 28.2. The quantitative estimate of drug-likeness (QED) is 0.618. The SMILES string of the molecule is CCc1ccccc1Nc1ccnc(C(=O)Nc2cccc(C(C)=O)c2)c1. The lowest BCUT2D eigenvalue weighted by molar-refractivity contribution is 0.100. The number of nitrogens with one attached hydrogen (secondary N) is 2. The fourth-order valence-corrected chi connectivity index (χ4v) is 2.75. The van der Waals surface area contributed by atoms with E-state index in [0.29, 0.717) is 16.9 Å². The van der Waals surface area contributed by atoms with Crippen molar-refractivity contribution in [3.63, 3.8) is 0 Å². The number of benzene rings is 2. The molecule has 1 heterocycles. The van der Waals surface area contributed by atoms with Gasteiger partial charge >= 0.3 is 0 Å². The van der Waals surface area contributed by atoms with Gasteiger partial charge in [0, 0.05) is 28.8 Å². The molecule has 27 heavy (non-hydrogen) atoms. The minimum atomic E-state index is -0.330. The highest BCUT2D eigenvalue weighted by atomic mass is 16.2. The maximum Gasteiger partial charge on any atom is 0.274 e. The summed E-state index contributed by atoms with van der Waals surface area (Å²) in [5, 5.41) is 6.13. The average Bonchev–Trinajstić information content (AvgIpc) is 2.69. The largest absolute Gasteiger partial charge is 0.355 e. The predicted octanol–water partition coefficient (Wildman–Crippen LogP) is 4.84. The van der Waals surface area contributed by atoms with E-state index in [2.05, 4.69) is 28.6 Å². The smallest absolute Gasteiger partial charge is 0.274 e. The number of aryl methyl sites for hydroxylation is 1. The Labute approximate surface area is 158 Å². The third-order valence-corrected chi connectivity index (χ3v) is 4.20. The van der Waals surface area contributed by atoms with Gasteiger partial charge in [0.25, 0.3) is 5.91 Å². The molecule has 0 saturated heterocycles. The van der Waals surface area contributed by atoms with E-state index >= 15 is 0 Å². The van der Waals surface area contributed by atoms with E-state index in [1.807, 2.05) is 24.3 Å². The van der Waals surface area contributed by atoms with E-state index < -0.39 is 0 Å². The molecule has 0 aliphatic heterocycles. The first-order valence-corrected chi connectivity index (χ1v) is 8.80. The van der Waals surface area contributed by atoms with Crippen molar-refractivity contribution in [2.75, 3.05) is 10.6 Å². The Morgan fingerprint density at radius 2 is 1.78 bits per heavy atom. The molecule has 0 unspecified atom stereocenters. The molecule has 136 valence electrons. The van der Waals surface area contributed by atoms with Crippen LogP contribution in [0.2, 0.25) is 0 Å². The first-order chi connectivity index (χ1) is 13.1. The highest BCUT2D eigenvalue weighted by molar-refractivity contribution is 6.04. The lowest BCUT2D eigenvalue weighted by Crippen LogP contribution is -2.14. The third kappa shape index (κ3) is 4.58. The van der Waals surface area contributed by atoms with Crippen LogP contribution in [-0.2, 0) is 6.42 Å². The van der Waals surface area contributed by atoms with Gasteiger partial charge in [-0.15, -0.1) is 0 Å². The van der Waals surface area contributed by atoms with Gasteiger partial charge in [0.2, 0.25) is 0 Å². The number of amides is 1. The number of carbonyl (C=O) groups is 2. The van der Waals surface area contributed by atoms with Gasteiger partial charge in [-0.05, 0) is 49.2 Å². The van der Waals surface area contributed by atoms with Crippen LogP contribution in [0.15, 0.2) is 66.9 Å². The van der Waals surface area contributed by atoms with Gasteiger partial charge in [-0.2, -0.15) is 0 Å². The number of nitrogens with zero attached hydrogens (tertiary/aromatic N) is 1. The molecule has 1 aromatic heterocycles. The molecular weight excluding hydrogens is 338 g/mol. The monoisotopic (exact) mass is 359 g/mol. The summed E-state index contributed by atoms with van der Waals surface area (Å²) >= 11 is 0. The Bertz CT molecular complexity index is 983. The molecule has 0 atom stereocenters. The van der Waals surface area contributed by atoms with Crippen LogP contribution in [-0.4, -0.2) is 16.7 Å². The van der Waals surface area contributed by atoms with Crippen LogP contribution < -0.4 is 10.6 Å². The highest BCUT2D eigenvalue weighted by Gasteiger charge is 2.10. The molecule has 2 aromatic carbocycles. The average molecular weight is 359 g/mol. The summed E-state index contributed by atoms with van der Waals surface area (Å²) in [6.45, 7) is 3.59. The van der Waals surface area contributed by atoms with Gasteiger partial charge in [0.05, 0.1) is 0 Å². The summed E-state index contributed by atoms with van der Waals surface area (Å²) in [6, 6.07) is 18.4. The van der Waals surface area contributed by atoms with Crippen molar-refractivity contribution in [3.8, 4) is 0 Å². The fraction of sp³-hybridized carbons (Fsp3) is 0.136. The molecule has 0 saturated carbocycles. The van der Waals surface area contributed by atoms with Gasteiger partial charge in [0.1, 0.15) is 5.69 Å². The number of hydrogen-bond acceptors (Lipinski definition) is 4. The number of hydrogen-bond donors (Lipinski definition) is 2. The summed E-state index contributed by atoms with van der Waals surface area (Å²) in [5.41, 5.74) is 4.39. The number of anilines is 3. The molecule has 0 spiro atoms. The topological polar surface area (TPSA) is 71.1 Å². The maximum atomic E-state index is 12.5. The molecule has 1 amide bonds. The zero-order chi connectivity index (χ0) is 19.2. The standard InChI is InChI=1S/C22H21N3O2/c1-3-16-7-4-5-10-20(16)24-19-11-12-23-21(14-19)22(27)25-18-9-6-8-17(13-18)15(2)26/h4-14H,3H2,1-2H3,(H,23,24)(H,25,27). The van der Waals surface area contributed by atoms with Crippen LogP contribution in [0.4, 0.5) is 17.1 Å². The molecule has 2 N–H and O–H groups in total. The van der Waals surface area contributed by atoms with Gasteiger partial charge in [-0.25, -0.2) is 0 Å². The zero-order valence-corrected chi connectivity index (χ0v) is 15.3. The summed E-state index contributed by atoms with van der Waals surface area (Å²) in [6.07, 6.45) is 2.51. The predicted molar refractivity (Wildman–Crippen MR) is 108 cm³/mol. The molecule has 0 aliphatic carbocycles. The van der Waals surface area contributed by atoms with E-state index in [0.717, 1.165) is 17.8 Å². The normalized spacial score (nSPS) is 10.3. The first-order valence-electron chi connectivity index (χ1n) is 8.80. The number of aromatic nitrogens is 1. The van der Waals surface area contributed by atoms with E-state index in [1.54, 1.807) is 36.5 Å². The Morgan fingerprint density at radius 3 is 2.56 bits per heavy atom. The highest BCUT2D eigenvalue weighted by Crippen LogP contribution is 2.22. The molecular formula is C22H21N3O2. The van der Waals surface area contributed by atoms with E-state index in [9.17, 15) is 9.59 Å². The number of para-hydroxylation sites is 1. The Morgan fingerprint density at radius 1 is 0.963 bits per heavy atom. The van der Waals surface area contributed by atoms with Gasteiger partial charge in [0.15, 0.2) is 5.78 Å². The fourth-order valence-electron chi connectivity index (χ4n) is 2.75. The molecule has 0 aliphatic rings. The molecule has 0 radical (unpaired) electrons. The van der Waals surface area contributed by atoms with Crippen LogP contribution in [0.25, 0.3) is 0 Å². The van der Waals surface area contributed by atoms with Crippen molar-refractivity contribution in [1.82, 2.24) is 4.98 Å². The summed E-state index contributed by atoms with van der Waals surface area (Å²) < 4.78 is 0. The van der Waals surface area contributed by atoms with Crippen molar-refractivity contribution in [2.24, 2.45) is 0 Å². The minimum absolute atomic E-state index is 0.0509. The Kier molecular flexibility index (Phi) is 5.61. The van der Waals surface area contributed by atoms with Crippen molar-refractivity contribution in [2.45, 2.75) is 20.3 Å². The van der Waals surface area contributed by atoms with Gasteiger partial charge < -0.3 is 10.6 Å². The third-order valence-electron chi connectivity index (χ3n) is 4.20. The second kappa shape index (κ2) is 8.27. The van der Waals surface area contributed by atoms with Crippen LogP contribution in [0.3, 0.4) is 0 Å². The van der Waals surface area contributed by atoms with E-state index in [1.165, 1.54) is 12.5 Å². The molecule has 3 aromatic rings. The zero-order valence-electron chi connectivity index (χ0n) is 15.3. The van der Waals surface area contributed by atoms with Gasteiger partial charge in [-0.1, -0.05) is 37.3 Å². The van der Waals surface area contributed by atoms with E-state index in [-0.39, 0.29) is 11.7 Å². The number of ketones is 1. The number of Topliss-reactive ketones (excluding diaryl/α,β-unsaturated/α-hetero) is 1. The molecule has 3 rings (SSSR count). The van der Waals surface area contributed by atoms with Crippen LogP contribution in [0.1, 0.15) is 40.3 Å². The number of pyridine rings is 1. The van der Waals surface area contributed by atoms with E-state index in [4.69, 9.17) is 0 Å². The van der Waals surface area contributed by atoms with Crippen LogP contribution >= 0.6 is 0 Å². The van der Waals surface area contributed by atoms with Gasteiger partial charge in [-0.3, -0.25) is 14.6 Å². The second-order valence-electron chi connectivity index (χ2n) is 6.16. The number of rotatable bonds is 6. The lowest BCUT2D eigenvalue weighted by atomic mass is 10.1. The minimum Gasteiger partial charge on any atom is -0.355 e. The lowest BCUT2D eigenvalue weighted by Gasteiger charge is -2.12. The maximum absolute atomic E-state index is 12.5. The first kappa shape index (κ1) is 18.3. The van der Waals surface area contributed by atoms with Crippen LogP contribution in [0.5, 0.6) is 0 Å². The summed E-state index contributed by atoms with van der Waals surface area (Å²) in [5.74, 6) is -0.381. The molecule has 0 bridgehead atoms. The molecule has 5 nitrogen and oxygen atoms in total. The van der Waals surface area contributed by atoms with Crippen LogP contribution in [0, 0.1) is 0 Å².